The Labute approximate surface area is 177 Å². The second kappa shape index (κ2) is 11.9. The van der Waals surface area contributed by atoms with Gasteiger partial charge in [-0.05, 0) is 31.9 Å². The molecule has 7 nitrogen and oxygen atoms in total. The molecule has 2 atom stereocenters. The number of rotatable bonds is 12. The highest BCUT2D eigenvalue weighted by atomic mass is 16.6. The van der Waals surface area contributed by atoms with Crippen LogP contribution in [0.5, 0.6) is 0 Å². The lowest BCUT2D eigenvalue weighted by Crippen LogP contribution is -2.40. The van der Waals surface area contributed by atoms with E-state index in [0.717, 1.165) is 11.1 Å². The fourth-order valence-electron chi connectivity index (χ4n) is 2.56. The first-order valence-corrected chi connectivity index (χ1v) is 9.73. The minimum absolute atomic E-state index is 0.158. The van der Waals surface area contributed by atoms with Gasteiger partial charge in [0.1, 0.15) is 17.7 Å². The van der Waals surface area contributed by atoms with E-state index >= 15 is 0 Å². The average molecular weight is 418 g/mol. The maximum atomic E-state index is 12.4. The molecule has 0 aliphatic heterocycles. The van der Waals surface area contributed by atoms with Gasteiger partial charge in [-0.25, -0.2) is 0 Å². The second-order valence-electron chi connectivity index (χ2n) is 7.85. The van der Waals surface area contributed by atoms with Crippen LogP contribution in [0.2, 0.25) is 0 Å². The molecule has 0 aromatic heterocycles. The zero-order valence-corrected chi connectivity index (χ0v) is 17.8. The van der Waals surface area contributed by atoms with E-state index in [-0.39, 0.29) is 18.9 Å². The summed E-state index contributed by atoms with van der Waals surface area (Å²) in [5.41, 5.74) is 1.09. The summed E-state index contributed by atoms with van der Waals surface area (Å²) in [6.45, 7) is 12.9. The molecule has 0 heterocycles. The molecule has 164 valence electrons. The maximum Gasteiger partial charge on any atom is 0.324 e. The molecular formula is C23H31NO6. The van der Waals surface area contributed by atoms with E-state index in [0.29, 0.717) is 6.42 Å². The fourth-order valence-corrected chi connectivity index (χ4v) is 2.56. The Hall–Kier alpha value is -2.93. The van der Waals surface area contributed by atoms with E-state index in [4.69, 9.17) is 14.6 Å². The van der Waals surface area contributed by atoms with Gasteiger partial charge in [0.2, 0.25) is 0 Å². The van der Waals surface area contributed by atoms with Crippen molar-refractivity contribution in [2.75, 3.05) is 0 Å². The number of hydrogen-bond donors (Lipinski definition) is 2. The van der Waals surface area contributed by atoms with Crippen molar-refractivity contribution in [1.82, 2.24) is 5.32 Å². The number of carboxylic acids is 1. The van der Waals surface area contributed by atoms with E-state index in [1.807, 2.05) is 20.8 Å². The molecule has 0 bridgehead atoms. The van der Waals surface area contributed by atoms with Crippen LogP contribution in [0, 0.1) is 0 Å². The molecule has 1 aromatic carbocycles. The third kappa shape index (κ3) is 10.0. The second-order valence-corrected chi connectivity index (χ2v) is 7.85. The minimum Gasteiger partial charge on any atom is -0.481 e. The van der Waals surface area contributed by atoms with Gasteiger partial charge in [-0.15, -0.1) is 6.58 Å². The predicted molar refractivity (Wildman–Crippen MR) is 114 cm³/mol. The zero-order chi connectivity index (χ0) is 22.7. The Bertz CT molecular complexity index is 748. The molecule has 1 unspecified atom stereocenters. The summed E-state index contributed by atoms with van der Waals surface area (Å²) < 4.78 is 10.6. The SMILES string of the molecule is C=CCC(C=C)OC(=O)[C@H](CC(=O)O)NCc1ccc(CC(=O)OC(C)(C)C)cc1. The van der Waals surface area contributed by atoms with Crippen LogP contribution in [0.15, 0.2) is 49.6 Å². The molecule has 0 spiro atoms. The molecule has 0 radical (unpaired) electrons. The van der Waals surface area contributed by atoms with Crippen molar-refractivity contribution in [3.63, 3.8) is 0 Å². The fraction of sp³-hybridized carbons (Fsp3) is 0.435. The first-order valence-electron chi connectivity index (χ1n) is 9.73. The number of ether oxygens (including phenoxy) is 2. The Kier molecular flexibility index (Phi) is 9.98. The molecular weight excluding hydrogens is 386 g/mol. The zero-order valence-electron chi connectivity index (χ0n) is 17.8. The smallest absolute Gasteiger partial charge is 0.324 e. The number of benzene rings is 1. The van der Waals surface area contributed by atoms with Crippen LogP contribution in [0.3, 0.4) is 0 Å². The monoisotopic (exact) mass is 417 g/mol. The van der Waals surface area contributed by atoms with E-state index in [1.54, 1.807) is 30.3 Å². The van der Waals surface area contributed by atoms with Crippen LogP contribution in [-0.4, -0.2) is 40.8 Å². The molecule has 0 saturated heterocycles. The van der Waals surface area contributed by atoms with Crippen LogP contribution in [-0.2, 0) is 36.8 Å². The van der Waals surface area contributed by atoms with Crippen LogP contribution < -0.4 is 5.32 Å². The first kappa shape index (κ1) is 25.1. The van der Waals surface area contributed by atoms with Gasteiger partial charge in [0.25, 0.3) is 0 Å². The van der Waals surface area contributed by atoms with Crippen molar-refractivity contribution in [3.8, 4) is 0 Å². The lowest BCUT2D eigenvalue weighted by molar-refractivity contribution is -0.154. The normalized spacial score (nSPS) is 13.0. The summed E-state index contributed by atoms with van der Waals surface area (Å²) >= 11 is 0. The first-order chi connectivity index (χ1) is 14.0. The van der Waals surface area contributed by atoms with Crippen molar-refractivity contribution in [2.45, 2.75) is 64.3 Å². The van der Waals surface area contributed by atoms with Crippen LogP contribution in [0.4, 0.5) is 0 Å². The highest BCUT2D eigenvalue weighted by Gasteiger charge is 2.24. The highest BCUT2D eigenvalue weighted by molar-refractivity contribution is 5.82. The number of esters is 2. The number of carbonyl (C=O) groups is 3. The van der Waals surface area contributed by atoms with Gasteiger partial charge in [0.15, 0.2) is 0 Å². The minimum atomic E-state index is -1.11. The lowest BCUT2D eigenvalue weighted by Gasteiger charge is -2.20. The van der Waals surface area contributed by atoms with Gasteiger partial charge in [-0.2, -0.15) is 0 Å². The molecule has 1 rings (SSSR count). The van der Waals surface area contributed by atoms with E-state index in [1.165, 1.54) is 6.08 Å². The summed E-state index contributed by atoms with van der Waals surface area (Å²) in [5, 5.41) is 12.0. The Balaban J connectivity index is 2.69. The van der Waals surface area contributed by atoms with Gasteiger partial charge in [0, 0.05) is 13.0 Å². The van der Waals surface area contributed by atoms with Crippen molar-refractivity contribution in [1.29, 1.82) is 0 Å². The van der Waals surface area contributed by atoms with E-state index < -0.39 is 36.1 Å². The molecule has 7 heteroatoms. The molecule has 0 saturated carbocycles. The number of carboxylic acid groups (broad SMARTS) is 1. The van der Waals surface area contributed by atoms with Gasteiger partial charge < -0.3 is 14.6 Å². The summed E-state index contributed by atoms with van der Waals surface area (Å²) in [6.07, 6.45) is 2.66. The third-order valence-electron chi connectivity index (χ3n) is 3.94. The van der Waals surface area contributed by atoms with Gasteiger partial charge in [-0.1, -0.05) is 43.0 Å². The van der Waals surface area contributed by atoms with Crippen molar-refractivity contribution < 1.29 is 29.0 Å². The quantitative estimate of drug-likeness (QED) is 0.398. The number of hydrogen-bond acceptors (Lipinski definition) is 6. The van der Waals surface area contributed by atoms with Gasteiger partial charge >= 0.3 is 17.9 Å². The van der Waals surface area contributed by atoms with Gasteiger partial charge in [0.05, 0.1) is 12.8 Å². The molecule has 1 aromatic rings. The van der Waals surface area contributed by atoms with Crippen LogP contribution in [0.1, 0.15) is 44.7 Å². The summed E-state index contributed by atoms with van der Waals surface area (Å²) in [4.78, 5) is 35.4. The maximum absolute atomic E-state index is 12.4. The largest absolute Gasteiger partial charge is 0.481 e. The Morgan fingerprint density at radius 3 is 2.23 bits per heavy atom. The molecule has 30 heavy (non-hydrogen) atoms. The number of carbonyl (C=O) groups excluding carboxylic acids is 2. The summed E-state index contributed by atoms with van der Waals surface area (Å²) in [7, 11) is 0. The molecule has 0 fully saturated rings. The standard InChI is InChI=1S/C23H31NO6/c1-6-8-18(7-2)29-22(28)19(14-20(25)26)24-15-17-11-9-16(10-12-17)13-21(27)30-23(3,4)5/h6-7,9-12,18-19,24H,1-2,8,13-15H2,3-5H3,(H,25,26)/t18?,19-/m0/s1. The van der Waals surface area contributed by atoms with Crippen LogP contribution >= 0.6 is 0 Å². The number of nitrogens with one attached hydrogen (secondary N) is 1. The topological polar surface area (TPSA) is 102 Å². The van der Waals surface area contributed by atoms with Crippen molar-refractivity contribution in [2.24, 2.45) is 0 Å². The summed E-state index contributed by atoms with van der Waals surface area (Å²) in [5.74, 6) is -2.09. The molecule has 0 aliphatic rings. The Morgan fingerprint density at radius 2 is 1.73 bits per heavy atom. The molecule has 0 aliphatic carbocycles. The molecule has 0 amide bonds. The van der Waals surface area contributed by atoms with E-state index in [9.17, 15) is 14.4 Å². The van der Waals surface area contributed by atoms with Gasteiger partial charge in [-0.3, -0.25) is 19.7 Å². The van der Waals surface area contributed by atoms with Crippen molar-refractivity contribution in [3.05, 3.63) is 60.7 Å². The molecule has 2 N–H and O–H groups in total. The Morgan fingerprint density at radius 1 is 1.13 bits per heavy atom. The highest BCUT2D eigenvalue weighted by Crippen LogP contribution is 2.12. The van der Waals surface area contributed by atoms with Crippen molar-refractivity contribution >= 4 is 17.9 Å². The lowest BCUT2D eigenvalue weighted by atomic mass is 10.1. The summed E-state index contributed by atoms with van der Waals surface area (Å²) in [6, 6.07) is 6.20. The predicted octanol–water partition coefficient (Wildman–Crippen LogP) is 3.18. The van der Waals surface area contributed by atoms with E-state index in [2.05, 4.69) is 18.5 Å². The number of aliphatic carboxylic acids is 1. The third-order valence-corrected chi connectivity index (χ3v) is 3.94. The van der Waals surface area contributed by atoms with Crippen LogP contribution in [0.25, 0.3) is 0 Å². The average Bonchev–Trinajstić information content (AvgIpc) is 2.63.